The summed E-state index contributed by atoms with van der Waals surface area (Å²) < 4.78 is 6.41. The van der Waals surface area contributed by atoms with Gasteiger partial charge in [0.1, 0.15) is 12.4 Å². The lowest BCUT2D eigenvalue weighted by molar-refractivity contribution is 0.0977. The Labute approximate surface area is 155 Å². The summed E-state index contributed by atoms with van der Waals surface area (Å²) in [6, 6.07) is 14.4. The van der Waals surface area contributed by atoms with Crippen LogP contribution in [-0.2, 0) is 0 Å². The van der Waals surface area contributed by atoms with Crippen molar-refractivity contribution in [3.63, 3.8) is 0 Å². The Hall–Kier alpha value is -2.18. The summed E-state index contributed by atoms with van der Waals surface area (Å²) >= 11 is 8.52. The fraction of sp³-hybridized carbons (Fsp3) is 0.111. The van der Waals surface area contributed by atoms with Crippen molar-refractivity contribution in [3.05, 3.63) is 70.7 Å². The molecule has 0 aliphatic rings. The van der Waals surface area contributed by atoms with Gasteiger partial charge in [-0.25, -0.2) is 0 Å². The molecule has 1 amide bonds. The van der Waals surface area contributed by atoms with Gasteiger partial charge in [0.05, 0.1) is 0 Å². The number of ether oxygens (including phenoxy) is 1. The lowest BCUT2D eigenvalue weighted by Crippen LogP contribution is -2.34. The van der Waals surface area contributed by atoms with Crippen LogP contribution in [0, 0.1) is 0 Å². The van der Waals surface area contributed by atoms with Gasteiger partial charge in [-0.3, -0.25) is 10.1 Å². The van der Waals surface area contributed by atoms with Crippen LogP contribution in [-0.4, -0.2) is 17.6 Å². The molecule has 2 rings (SSSR count). The van der Waals surface area contributed by atoms with E-state index in [2.05, 4.69) is 33.1 Å². The number of halogens is 1. The normalized spacial score (nSPS) is 9.92. The fourth-order valence-electron chi connectivity index (χ4n) is 1.84. The van der Waals surface area contributed by atoms with E-state index < -0.39 is 0 Å². The lowest BCUT2D eigenvalue weighted by Gasteiger charge is -2.11. The number of amides is 1. The largest absolute Gasteiger partial charge is 0.489 e. The van der Waals surface area contributed by atoms with E-state index >= 15 is 0 Å². The maximum Gasteiger partial charge on any atom is 0.257 e. The molecular weight excluding hydrogens is 388 g/mol. The van der Waals surface area contributed by atoms with Crippen molar-refractivity contribution in [3.8, 4) is 5.75 Å². The first-order valence-corrected chi connectivity index (χ1v) is 8.39. The van der Waals surface area contributed by atoms with Crippen LogP contribution in [0.15, 0.2) is 65.2 Å². The Morgan fingerprint density at radius 2 is 2.00 bits per heavy atom. The Morgan fingerprint density at radius 1 is 1.25 bits per heavy atom. The van der Waals surface area contributed by atoms with Gasteiger partial charge < -0.3 is 10.1 Å². The third-order valence-corrected chi connectivity index (χ3v) is 3.59. The summed E-state index contributed by atoms with van der Waals surface area (Å²) in [7, 11) is 0. The highest BCUT2D eigenvalue weighted by atomic mass is 79.9. The van der Waals surface area contributed by atoms with Crippen molar-refractivity contribution in [2.75, 3.05) is 11.9 Å². The van der Waals surface area contributed by atoms with Crippen molar-refractivity contribution in [1.29, 1.82) is 0 Å². The number of nitrogens with one attached hydrogen (secondary N) is 2. The molecule has 2 N–H and O–H groups in total. The molecule has 24 heavy (non-hydrogen) atoms. The molecule has 0 saturated carbocycles. The van der Waals surface area contributed by atoms with Gasteiger partial charge in [-0.05, 0) is 55.0 Å². The van der Waals surface area contributed by atoms with Crippen LogP contribution >= 0.6 is 28.1 Å². The van der Waals surface area contributed by atoms with Crippen molar-refractivity contribution < 1.29 is 9.53 Å². The first-order valence-electron chi connectivity index (χ1n) is 7.19. The van der Waals surface area contributed by atoms with Crippen LogP contribution in [0.2, 0.25) is 0 Å². The topological polar surface area (TPSA) is 50.4 Å². The molecule has 0 aliphatic carbocycles. The van der Waals surface area contributed by atoms with Crippen LogP contribution in [0.4, 0.5) is 5.69 Å². The molecule has 4 nitrogen and oxygen atoms in total. The molecule has 2 aromatic carbocycles. The van der Waals surface area contributed by atoms with Gasteiger partial charge in [0.2, 0.25) is 0 Å². The monoisotopic (exact) mass is 404 g/mol. The highest BCUT2D eigenvalue weighted by Crippen LogP contribution is 2.18. The van der Waals surface area contributed by atoms with E-state index in [1.807, 2.05) is 31.2 Å². The first kappa shape index (κ1) is 18.2. The van der Waals surface area contributed by atoms with Crippen molar-refractivity contribution in [2.45, 2.75) is 6.92 Å². The van der Waals surface area contributed by atoms with Gasteiger partial charge in [-0.15, -0.1) is 0 Å². The molecule has 0 atom stereocenters. The molecule has 0 aromatic heterocycles. The second-order valence-corrected chi connectivity index (χ2v) is 6.52. The predicted molar refractivity (Wildman–Crippen MR) is 105 cm³/mol. The zero-order chi connectivity index (χ0) is 17.5. The number of rotatable bonds is 5. The molecule has 2 aromatic rings. The van der Waals surface area contributed by atoms with Crippen molar-refractivity contribution in [1.82, 2.24) is 5.32 Å². The maximum absolute atomic E-state index is 12.1. The van der Waals surface area contributed by atoms with Gasteiger partial charge in [0, 0.05) is 21.8 Å². The zero-order valence-electron chi connectivity index (χ0n) is 13.1. The molecule has 0 heterocycles. The molecule has 0 radical (unpaired) electrons. The van der Waals surface area contributed by atoms with Crippen LogP contribution in [0.1, 0.15) is 17.3 Å². The highest BCUT2D eigenvalue weighted by Gasteiger charge is 2.08. The lowest BCUT2D eigenvalue weighted by atomic mass is 10.2. The second kappa shape index (κ2) is 8.61. The predicted octanol–water partition coefficient (Wildman–Crippen LogP) is 4.53. The smallest absolute Gasteiger partial charge is 0.257 e. The van der Waals surface area contributed by atoms with Gasteiger partial charge in [0.15, 0.2) is 5.11 Å². The maximum atomic E-state index is 12.1. The summed E-state index contributed by atoms with van der Waals surface area (Å²) in [5.41, 5.74) is 2.19. The van der Waals surface area contributed by atoms with Gasteiger partial charge in [-0.1, -0.05) is 34.6 Å². The third-order valence-electron chi connectivity index (χ3n) is 2.89. The minimum absolute atomic E-state index is 0.219. The SMILES string of the molecule is C=C(C)COc1cccc(NC(=S)NC(=O)c2cccc(Br)c2)c1. The van der Waals surface area contributed by atoms with Gasteiger partial charge >= 0.3 is 0 Å². The molecular formula is C18H17BrN2O2S. The Morgan fingerprint density at radius 3 is 2.71 bits per heavy atom. The molecule has 0 unspecified atom stereocenters. The van der Waals surface area contributed by atoms with E-state index in [9.17, 15) is 4.79 Å². The van der Waals surface area contributed by atoms with Crippen LogP contribution in [0.25, 0.3) is 0 Å². The van der Waals surface area contributed by atoms with E-state index in [1.54, 1.807) is 24.3 Å². The number of hydrogen-bond acceptors (Lipinski definition) is 3. The molecule has 124 valence electrons. The fourth-order valence-corrected chi connectivity index (χ4v) is 2.45. The molecule has 0 aliphatic heterocycles. The molecule has 0 spiro atoms. The van der Waals surface area contributed by atoms with Crippen LogP contribution in [0.5, 0.6) is 5.75 Å². The van der Waals surface area contributed by atoms with Crippen LogP contribution < -0.4 is 15.4 Å². The minimum atomic E-state index is -0.275. The highest BCUT2D eigenvalue weighted by molar-refractivity contribution is 9.10. The number of carbonyl (C=O) groups is 1. The minimum Gasteiger partial charge on any atom is -0.489 e. The molecule has 6 heteroatoms. The van der Waals surface area contributed by atoms with E-state index in [4.69, 9.17) is 17.0 Å². The molecule has 0 bridgehead atoms. The number of hydrogen-bond donors (Lipinski definition) is 2. The first-order chi connectivity index (χ1) is 11.4. The number of benzene rings is 2. The number of carbonyl (C=O) groups excluding carboxylic acids is 1. The summed E-state index contributed by atoms with van der Waals surface area (Å²) in [5.74, 6) is 0.424. The van der Waals surface area contributed by atoms with E-state index in [1.165, 1.54) is 0 Å². The van der Waals surface area contributed by atoms with E-state index in [0.717, 1.165) is 15.7 Å². The molecule has 0 fully saturated rings. The van der Waals surface area contributed by atoms with Crippen LogP contribution in [0.3, 0.4) is 0 Å². The van der Waals surface area contributed by atoms with Gasteiger partial charge in [0.25, 0.3) is 5.91 Å². The van der Waals surface area contributed by atoms with Crippen molar-refractivity contribution >= 4 is 44.9 Å². The van der Waals surface area contributed by atoms with E-state index in [0.29, 0.717) is 17.9 Å². The quantitative estimate of drug-likeness (QED) is 0.567. The summed E-state index contributed by atoms with van der Waals surface area (Å²) in [6.07, 6.45) is 0. The Kier molecular flexibility index (Phi) is 6.52. The second-order valence-electron chi connectivity index (χ2n) is 5.19. The standard InChI is InChI=1S/C18H17BrN2O2S/c1-12(2)11-23-16-8-4-7-15(10-16)20-18(24)21-17(22)13-5-3-6-14(19)9-13/h3-10H,1,11H2,2H3,(H2,20,21,22,24). The van der Waals surface area contributed by atoms with Gasteiger partial charge in [-0.2, -0.15) is 0 Å². The summed E-state index contributed by atoms with van der Waals surface area (Å²) in [6.45, 7) is 6.15. The number of thiocarbonyl (C=S) groups is 1. The van der Waals surface area contributed by atoms with E-state index in [-0.39, 0.29) is 11.0 Å². The average molecular weight is 405 g/mol. The Bertz CT molecular complexity index is 777. The Balaban J connectivity index is 1.95. The average Bonchev–Trinajstić information content (AvgIpc) is 2.53. The summed E-state index contributed by atoms with van der Waals surface area (Å²) in [4.78, 5) is 12.1. The number of anilines is 1. The third kappa shape index (κ3) is 5.79. The summed E-state index contributed by atoms with van der Waals surface area (Å²) in [5, 5.41) is 5.84. The van der Waals surface area contributed by atoms with Crippen molar-refractivity contribution in [2.24, 2.45) is 0 Å². The molecule has 0 saturated heterocycles. The zero-order valence-corrected chi connectivity index (χ0v) is 15.5.